The van der Waals surface area contributed by atoms with Gasteiger partial charge in [0.15, 0.2) is 17.4 Å². The van der Waals surface area contributed by atoms with Gasteiger partial charge in [0.05, 0.1) is 13.1 Å². The van der Waals surface area contributed by atoms with Crippen molar-refractivity contribution < 1.29 is 27.2 Å². The fourth-order valence-electron chi connectivity index (χ4n) is 1.43. The first-order valence-corrected chi connectivity index (χ1v) is 6.08. The van der Waals surface area contributed by atoms with Crippen LogP contribution in [-0.2, 0) is 4.79 Å². The minimum absolute atomic E-state index is 0. The van der Waals surface area contributed by atoms with E-state index in [1.54, 1.807) is 0 Å². The first-order valence-electron chi connectivity index (χ1n) is 6.08. The van der Waals surface area contributed by atoms with Gasteiger partial charge >= 0.3 is 0 Å². The molecular formula is C13H15ClF4N2O2. The molecule has 0 spiro atoms. The molecular weight excluding hydrogens is 328 g/mol. The second kappa shape index (κ2) is 8.70. The molecule has 0 aromatic heterocycles. The molecule has 0 saturated carbocycles. The molecule has 124 valence electrons. The van der Waals surface area contributed by atoms with Crippen molar-refractivity contribution in [1.82, 2.24) is 5.32 Å². The highest BCUT2D eigenvalue weighted by atomic mass is 35.5. The summed E-state index contributed by atoms with van der Waals surface area (Å²) in [5.74, 6) is -6.81. The summed E-state index contributed by atoms with van der Waals surface area (Å²) >= 11 is 0. The molecule has 0 unspecified atom stereocenters. The number of hydrogen-bond donors (Lipinski definition) is 2. The summed E-state index contributed by atoms with van der Waals surface area (Å²) in [7, 11) is 0. The summed E-state index contributed by atoms with van der Waals surface area (Å²) in [4.78, 5) is 22.9. The first-order chi connectivity index (χ1) is 9.75. The van der Waals surface area contributed by atoms with Crippen molar-refractivity contribution in [3.8, 4) is 0 Å². The number of halogens is 5. The average molecular weight is 343 g/mol. The Kier molecular flexibility index (Phi) is 8.04. The largest absolute Gasteiger partial charge is 0.350 e. The minimum atomic E-state index is -3.21. The van der Waals surface area contributed by atoms with E-state index in [9.17, 15) is 27.2 Å². The molecule has 0 radical (unpaired) electrons. The number of benzene rings is 1. The third-order valence-corrected chi connectivity index (χ3v) is 2.66. The van der Waals surface area contributed by atoms with Crippen LogP contribution in [0.2, 0.25) is 0 Å². The Labute approximate surface area is 130 Å². The van der Waals surface area contributed by atoms with E-state index >= 15 is 0 Å². The lowest BCUT2D eigenvalue weighted by Crippen LogP contribution is -2.41. The highest BCUT2D eigenvalue weighted by Crippen LogP contribution is 2.12. The van der Waals surface area contributed by atoms with Gasteiger partial charge in [0.2, 0.25) is 5.91 Å². The van der Waals surface area contributed by atoms with E-state index in [0.717, 1.165) is 18.2 Å². The van der Waals surface area contributed by atoms with Gasteiger partial charge in [0.1, 0.15) is 0 Å². The third kappa shape index (κ3) is 6.40. The van der Waals surface area contributed by atoms with Crippen LogP contribution in [0, 0.1) is 11.6 Å². The minimum Gasteiger partial charge on any atom is -0.350 e. The normalized spacial score (nSPS) is 10.8. The van der Waals surface area contributed by atoms with Crippen LogP contribution >= 0.6 is 12.4 Å². The SMILES string of the molecule is Cl.NCC(F)(F)CNC(=O)CCC(=O)c1ccc(F)c(F)c1. The topological polar surface area (TPSA) is 72.2 Å². The maximum absolute atomic E-state index is 12.9. The van der Waals surface area contributed by atoms with Crippen molar-refractivity contribution in [3.63, 3.8) is 0 Å². The Bertz CT molecular complexity index is 541. The van der Waals surface area contributed by atoms with Gasteiger partial charge in [-0.3, -0.25) is 9.59 Å². The Balaban J connectivity index is 0.00000441. The molecule has 1 aromatic rings. The number of carbonyl (C=O) groups excluding carboxylic acids is 2. The van der Waals surface area contributed by atoms with E-state index in [1.807, 2.05) is 5.32 Å². The zero-order valence-corrected chi connectivity index (χ0v) is 12.2. The highest BCUT2D eigenvalue weighted by molar-refractivity contribution is 5.97. The molecule has 9 heteroatoms. The summed E-state index contributed by atoms with van der Waals surface area (Å²) < 4.78 is 51.2. The maximum atomic E-state index is 12.9. The van der Waals surface area contributed by atoms with Crippen LogP contribution < -0.4 is 11.1 Å². The predicted octanol–water partition coefficient (Wildman–Crippen LogP) is 2.06. The van der Waals surface area contributed by atoms with Crippen molar-refractivity contribution >= 4 is 24.1 Å². The van der Waals surface area contributed by atoms with Crippen LogP contribution in [0.15, 0.2) is 18.2 Å². The van der Waals surface area contributed by atoms with Gasteiger partial charge in [-0.05, 0) is 18.2 Å². The Morgan fingerprint density at radius 2 is 1.77 bits per heavy atom. The third-order valence-electron chi connectivity index (χ3n) is 2.66. The molecule has 0 saturated heterocycles. The number of rotatable bonds is 7. The molecule has 3 N–H and O–H groups in total. The van der Waals surface area contributed by atoms with E-state index in [2.05, 4.69) is 0 Å². The number of amides is 1. The van der Waals surface area contributed by atoms with E-state index in [0.29, 0.717) is 0 Å². The molecule has 0 fully saturated rings. The molecule has 0 heterocycles. The van der Waals surface area contributed by atoms with Crippen LogP contribution in [0.4, 0.5) is 17.6 Å². The fourth-order valence-corrected chi connectivity index (χ4v) is 1.43. The van der Waals surface area contributed by atoms with Gasteiger partial charge in [-0.1, -0.05) is 0 Å². The number of alkyl halides is 2. The molecule has 0 aliphatic rings. The number of nitrogens with two attached hydrogens (primary N) is 1. The fraction of sp³-hybridized carbons (Fsp3) is 0.385. The lowest BCUT2D eigenvalue weighted by molar-refractivity contribution is -0.122. The van der Waals surface area contributed by atoms with Crippen LogP contribution in [0.1, 0.15) is 23.2 Å². The molecule has 0 aliphatic carbocycles. The molecule has 1 aromatic carbocycles. The van der Waals surface area contributed by atoms with E-state index in [4.69, 9.17) is 5.73 Å². The summed E-state index contributed by atoms with van der Waals surface area (Å²) in [5, 5.41) is 1.95. The smallest absolute Gasteiger partial charge is 0.277 e. The molecule has 1 rings (SSSR count). The summed E-state index contributed by atoms with van der Waals surface area (Å²) in [5.41, 5.74) is 4.71. The number of Topliss-reactive ketones (excluding diaryl/α,β-unsaturated/α-hetero) is 1. The van der Waals surface area contributed by atoms with Crippen molar-refractivity contribution in [1.29, 1.82) is 0 Å². The van der Waals surface area contributed by atoms with Gasteiger partial charge in [-0.2, -0.15) is 0 Å². The van der Waals surface area contributed by atoms with Crippen LogP contribution in [-0.4, -0.2) is 30.7 Å². The number of nitrogens with one attached hydrogen (secondary N) is 1. The molecule has 0 aliphatic heterocycles. The van der Waals surface area contributed by atoms with Crippen molar-refractivity contribution in [2.45, 2.75) is 18.8 Å². The maximum Gasteiger partial charge on any atom is 0.277 e. The van der Waals surface area contributed by atoms with Crippen LogP contribution in [0.5, 0.6) is 0 Å². The molecule has 1 amide bonds. The predicted molar refractivity (Wildman–Crippen MR) is 74.2 cm³/mol. The van der Waals surface area contributed by atoms with Gasteiger partial charge in [0, 0.05) is 18.4 Å². The number of ketones is 1. The summed E-state index contributed by atoms with van der Waals surface area (Å²) in [6, 6.07) is 2.60. The highest BCUT2D eigenvalue weighted by Gasteiger charge is 2.27. The lowest BCUT2D eigenvalue weighted by Gasteiger charge is -2.14. The summed E-state index contributed by atoms with van der Waals surface area (Å²) in [6.07, 6.45) is -0.635. The van der Waals surface area contributed by atoms with Crippen LogP contribution in [0.25, 0.3) is 0 Å². The monoisotopic (exact) mass is 342 g/mol. The average Bonchev–Trinajstić information content (AvgIpc) is 2.45. The molecule has 0 atom stereocenters. The Morgan fingerprint density at radius 1 is 1.14 bits per heavy atom. The zero-order chi connectivity index (χ0) is 16.0. The van der Waals surface area contributed by atoms with Crippen molar-refractivity contribution in [3.05, 3.63) is 35.4 Å². The second-order valence-corrected chi connectivity index (χ2v) is 4.39. The summed E-state index contributed by atoms with van der Waals surface area (Å²) in [6.45, 7) is -1.82. The van der Waals surface area contributed by atoms with Crippen molar-refractivity contribution in [2.75, 3.05) is 13.1 Å². The van der Waals surface area contributed by atoms with E-state index in [1.165, 1.54) is 0 Å². The zero-order valence-electron chi connectivity index (χ0n) is 11.4. The Morgan fingerprint density at radius 3 is 2.32 bits per heavy atom. The quantitative estimate of drug-likeness (QED) is 0.588. The van der Waals surface area contributed by atoms with Gasteiger partial charge in [-0.15, -0.1) is 12.4 Å². The molecule has 0 bridgehead atoms. The van der Waals surface area contributed by atoms with Gasteiger partial charge < -0.3 is 11.1 Å². The van der Waals surface area contributed by atoms with Crippen molar-refractivity contribution in [2.24, 2.45) is 5.73 Å². The van der Waals surface area contributed by atoms with E-state index in [-0.39, 0.29) is 30.8 Å². The lowest BCUT2D eigenvalue weighted by atomic mass is 10.1. The second-order valence-electron chi connectivity index (χ2n) is 4.39. The van der Waals surface area contributed by atoms with Gasteiger partial charge in [-0.25, -0.2) is 17.6 Å². The Hall–Kier alpha value is -1.67. The number of hydrogen-bond acceptors (Lipinski definition) is 3. The standard InChI is InChI=1S/C13H14F4N2O2.ClH/c14-9-2-1-8(5-10(9)15)11(20)3-4-12(21)19-7-13(16,17)6-18;/h1-2,5H,3-4,6-7,18H2,(H,19,21);1H. The van der Waals surface area contributed by atoms with Gasteiger partial charge in [0.25, 0.3) is 5.92 Å². The molecule has 22 heavy (non-hydrogen) atoms. The number of carbonyl (C=O) groups is 2. The van der Waals surface area contributed by atoms with E-state index < -0.39 is 42.3 Å². The first kappa shape index (κ1) is 20.3. The molecule has 4 nitrogen and oxygen atoms in total. The van der Waals surface area contributed by atoms with Crippen LogP contribution in [0.3, 0.4) is 0 Å².